The Labute approximate surface area is 137 Å². The smallest absolute Gasteiger partial charge is 0.191 e. The maximum Gasteiger partial charge on any atom is 0.191 e. The number of hydrogen-bond acceptors (Lipinski definition) is 3. The second kappa shape index (κ2) is 7.88. The van der Waals surface area contributed by atoms with E-state index < -0.39 is 5.60 Å². The molecule has 1 aliphatic heterocycles. The zero-order valence-corrected chi connectivity index (χ0v) is 14.5. The van der Waals surface area contributed by atoms with Gasteiger partial charge in [0.1, 0.15) is 0 Å². The zero-order chi connectivity index (χ0) is 16.0. The topological polar surface area (TPSA) is 56.7 Å². The first-order chi connectivity index (χ1) is 10.5. The fraction of sp³-hybridized carbons (Fsp3) is 0.588. The van der Waals surface area contributed by atoms with E-state index in [1.165, 1.54) is 11.1 Å². The Morgan fingerprint density at radius 3 is 2.86 bits per heavy atom. The van der Waals surface area contributed by atoms with E-state index in [0.717, 1.165) is 30.4 Å². The Kier molecular flexibility index (Phi) is 6.15. The Bertz CT molecular complexity index is 512. The second-order valence-electron chi connectivity index (χ2n) is 5.94. The molecular weight excluding hydrogens is 294 g/mol. The first kappa shape index (κ1) is 17.2. The lowest BCUT2D eigenvalue weighted by Crippen LogP contribution is -2.41. The van der Waals surface area contributed by atoms with Gasteiger partial charge in [-0.25, -0.2) is 0 Å². The van der Waals surface area contributed by atoms with Gasteiger partial charge in [0.25, 0.3) is 0 Å². The van der Waals surface area contributed by atoms with Gasteiger partial charge in [0.15, 0.2) is 5.96 Å². The lowest BCUT2D eigenvalue weighted by Gasteiger charge is -2.22. The van der Waals surface area contributed by atoms with E-state index in [0.29, 0.717) is 6.54 Å². The van der Waals surface area contributed by atoms with E-state index in [1.807, 2.05) is 0 Å². The van der Waals surface area contributed by atoms with Crippen LogP contribution in [0.1, 0.15) is 37.4 Å². The Balaban J connectivity index is 2.03. The summed E-state index contributed by atoms with van der Waals surface area (Å²) in [7, 11) is 0. The van der Waals surface area contributed by atoms with Crippen molar-refractivity contribution in [2.24, 2.45) is 4.99 Å². The van der Waals surface area contributed by atoms with Crippen molar-refractivity contribution in [3.8, 4) is 0 Å². The molecule has 22 heavy (non-hydrogen) atoms. The number of hydrogen-bond donors (Lipinski definition) is 3. The van der Waals surface area contributed by atoms with Gasteiger partial charge in [-0.05, 0) is 44.1 Å². The predicted octanol–water partition coefficient (Wildman–Crippen LogP) is 2.48. The van der Waals surface area contributed by atoms with E-state index in [4.69, 9.17) is 0 Å². The highest BCUT2D eigenvalue weighted by Crippen LogP contribution is 2.27. The minimum absolute atomic E-state index is 0.173. The molecule has 1 aromatic rings. The molecule has 4 nitrogen and oxygen atoms in total. The highest BCUT2D eigenvalue weighted by atomic mass is 32.2. The number of nitrogens with zero attached hydrogens (tertiary/aromatic N) is 1. The third-order valence-corrected chi connectivity index (χ3v) is 5.20. The number of rotatable bonds is 5. The number of aliphatic imine (C=N–C) groups is 1. The van der Waals surface area contributed by atoms with Crippen molar-refractivity contribution in [3.63, 3.8) is 0 Å². The molecule has 5 heteroatoms. The number of thioether (sulfide) groups is 1. The molecule has 0 amide bonds. The number of benzene rings is 1. The molecule has 2 unspecified atom stereocenters. The van der Waals surface area contributed by atoms with Gasteiger partial charge in [0, 0.05) is 12.3 Å². The maximum absolute atomic E-state index is 10.4. The number of guanidine groups is 1. The van der Waals surface area contributed by atoms with Crippen LogP contribution in [0.25, 0.3) is 0 Å². The first-order valence-corrected chi connectivity index (χ1v) is 9.10. The van der Waals surface area contributed by atoms with Gasteiger partial charge >= 0.3 is 0 Å². The molecule has 0 aromatic heterocycles. The fourth-order valence-electron chi connectivity index (χ4n) is 2.62. The van der Waals surface area contributed by atoms with Crippen LogP contribution in [0.5, 0.6) is 0 Å². The molecule has 3 N–H and O–H groups in total. The Hall–Kier alpha value is -1.20. The largest absolute Gasteiger partial charge is 0.387 e. The van der Waals surface area contributed by atoms with E-state index in [9.17, 15) is 5.11 Å². The quantitative estimate of drug-likeness (QED) is 0.576. The van der Waals surface area contributed by atoms with E-state index in [-0.39, 0.29) is 6.04 Å². The van der Waals surface area contributed by atoms with Gasteiger partial charge in [0.05, 0.1) is 18.2 Å². The van der Waals surface area contributed by atoms with Gasteiger partial charge < -0.3 is 15.7 Å². The SMILES string of the molecule is CCNC(=NCC1(O)CCSC1)NC(C)c1ccccc1C. The lowest BCUT2D eigenvalue weighted by atomic mass is 10.0. The molecule has 2 atom stereocenters. The van der Waals surface area contributed by atoms with Crippen LogP contribution in [0, 0.1) is 6.92 Å². The molecule has 0 aliphatic carbocycles. The van der Waals surface area contributed by atoms with Gasteiger partial charge in [-0.2, -0.15) is 11.8 Å². The van der Waals surface area contributed by atoms with Crippen molar-refractivity contribution in [2.45, 2.75) is 38.8 Å². The molecule has 2 rings (SSSR count). The standard InChI is InChI=1S/C17H27N3OS/c1-4-18-16(19-11-17(21)9-10-22-12-17)20-14(3)15-8-6-5-7-13(15)2/h5-8,14,21H,4,9-12H2,1-3H3,(H2,18,19,20). The molecule has 0 bridgehead atoms. The molecule has 1 aromatic carbocycles. The van der Waals surface area contributed by atoms with Gasteiger partial charge in [-0.3, -0.25) is 4.99 Å². The van der Waals surface area contributed by atoms with Crippen LogP contribution in [0.4, 0.5) is 0 Å². The van der Waals surface area contributed by atoms with E-state index in [1.54, 1.807) is 11.8 Å². The normalized spacial score (nSPS) is 23.4. The zero-order valence-electron chi connectivity index (χ0n) is 13.7. The summed E-state index contributed by atoms with van der Waals surface area (Å²) >= 11 is 1.80. The van der Waals surface area contributed by atoms with Crippen molar-refractivity contribution in [1.82, 2.24) is 10.6 Å². The average molecular weight is 321 g/mol. The van der Waals surface area contributed by atoms with Crippen LogP contribution in [0.3, 0.4) is 0 Å². The summed E-state index contributed by atoms with van der Waals surface area (Å²) in [5.41, 5.74) is 1.89. The van der Waals surface area contributed by atoms with Crippen molar-refractivity contribution in [3.05, 3.63) is 35.4 Å². The maximum atomic E-state index is 10.4. The third-order valence-electron chi connectivity index (χ3n) is 3.97. The summed E-state index contributed by atoms with van der Waals surface area (Å²) in [6.45, 7) is 7.57. The number of aryl methyl sites for hydroxylation is 1. The van der Waals surface area contributed by atoms with Gasteiger partial charge in [-0.15, -0.1) is 0 Å². The lowest BCUT2D eigenvalue weighted by molar-refractivity contribution is 0.0778. The summed E-state index contributed by atoms with van der Waals surface area (Å²) in [5, 5.41) is 17.1. The van der Waals surface area contributed by atoms with Crippen molar-refractivity contribution in [2.75, 3.05) is 24.6 Å². The molecule has 0 saturated carbocycles. The minimum Gasteiger partial charge on any atom is -0.387 e. The molecule has 1 heterocycles. The van der Waals surface area contributed by atoms with Crippen molar-refractivity contribution < 1.29 is 5.11 Å². The highest BCUT2D eigenvalue weighted by molar-refractivity contribution is 7.99. The van der Waals surface area contributed by atoms with Crippen LogP contribution in [-0.2, 0) is 0 Å². The summed E-state index contributed by atoms with van der Waals surface area (Å²) in [6, 6.07) is 8.54. The fourth-order valence-corrected chi connectivity index (χ4v) is 3.91. The Morgan fingerprint density at radius 2 is 2.23 bits per heavy atom. The summed E-state index contributed by atoms with van der Waals surface area (Å²) in [4.78, 5) is 4.59. The van der Waals surface area contributed by atoms with Gasteiger partial charge in [0.2, 0.25) is 0 Å². The Morgan fingerprint density at radius 1 is 1.45 bits per heavy atom. The molecular formula is C17H27N3OS. The van der Waals surface area contributed by atoms with Gasteiger partial charge in [-0.1, -0.05) is 24.3 Å². The molecule has 0 radical (unpaired) electrons. The molecule has 1 saturated heterocycles. The van der Waals surface area contributed by atoms with Crippen LogP contribution in [0.2, 0.25) is 0 Å². The predicted molar refractivity (Wildman–Crippen MR) is 95.6 cm³/mol. The number of aliphatic hydroxyl groups is 1. The van der Waals surface area contributed by atoms with Crippen molar-refractivity contribution >= 4 is 17.7 Å². The average Bonchev–Trinajstić information content (AvgIpc) is 2.93. The van der Waals surface area contributed by atoms with E-state index >= 15 is 0 Å². The van der Waals surface area contributed by atoms with Crippen LogP contribution in [-0.4, -0.2) is 41.3 Å². The first-order valence-electron chi connectivity index (χ1n) is 7.94. The second-order valence-corrected chi connectivity index (χ2v) is 7.05. The summed E-state index contributed by atoms with van der Waals surface area (Å²) in [5.74, 6) is 2.57. The van der Waals surface area contributed by atoms with Crippen LogP contribution in [0.15, 0.2) is 29.3 Å². The monoisotopic (exact) mass is 321 g/mol. The summed E-state index contributed by atoms with van der Waals surface area (Å²) in [6.07, 6.45) is 0.827. The molecule has 122 valence electrons. The minimum atomic E-state index is -0.640. The van der Waals surface area contributed by atoms with Crippen LogP contribution >= 0.6 is 11.8 Å². The van der Waals surface area contributed by atoms with E-state index in [2.05, 4.69) is 60.7 Å². The van der Waals surface area contributed by atoms with Crippen molar-refractivity contribution in [1.29, 1.82) is 0 Å². The highest BCUT2D eigenvalue weighted by Gasteiger charge is 2.31. The van der Waals surface area contributed by atoms with Crippen LogP contribution < -0.4 is 10.6 Å². The molecule has 1 aliphatic rings. The number of nitrogens with one attached hydrogen (secondary N) is 2. The molecule has 0 spiro atoms. The third kappa shape index (κ3) is 4.65. The summed E-state index contributed by atoms with van der Waals surface area (Å²) < 4.78 is 0. The molecule has 1 fully saturated rings.